The van der Waals surface area contributed by atoms with Crippen LogP contribution in [-0.4, -0.2) is 41.1 Å². The first-order chi connectivity index (χ1) is 10.5. The Kier molecular flexibility index (Phi) is 3.82. The summed E-state index contributed by atoms with van der Waals surface area (Å²) in [6, 6.07) is 5.27. The van der Waals surface area contributed by atoms with Crippen LogP contribution in [0.2, 0.25) is 0 Å². The maximum Gasteiger partial charge on any atom is 0.416 e. The lowest BCUT2D eigenvalue weighted by molar-refractivity contribution is -0.137. The van der Waals surface area contributed by atoms with Crippen molar-refractivity contribution >= 4 is 11.6 Å². The number of hydrogen-bond acceptors (Lipinski definition) is 5. The Morgan fingerprint density at radius 2 is 1.36 bits per heavy atom. The van der Waals surface area contributed by atoms with Gasteiger partial charge in [-0.1, -0.05) is 0 Å². The molecule has 2 heterocycles. The monoisotopic (exact) mass is 309 g/mol. The fourth-order valence-corrected chi connectivity index (χ4v) is 2.42. The molecule has 3 rings (SSSR count). The molecular formula is C14H14F3N5. The van der Waals surface area contributed by atoms with Crippen molar-refractivity contribution in [2.75, 3.05) is 36.0 Å². The number of rotatable bonds is 2. The van der Waals surface area contributed by atoms with Crippen LogP contribution < -0.4 is 9.80 Å². The summed E-state index contributed by atoms with van der Waals surface area (Å²) in [5.41, 5.74) is 0.170. The van der Waals surface area contributed by atoms with Crippen LogP contribution >= 0.6 is 0 Å². The Balaban J connectivity index is 1.64. The van der Waals surface area contributed by atoms with Gasteiger partial charge in [0.2, 0.25) is 5.95 Å². The third-order valence-electron chi connectivity index (χ3n) is 3.60. The van der Waals surface area contributed by atoms with Crippen molar-refractivity contribution in [1.29, 1.82) is 0 Å². The summed E-state index contributed by atoms with van der Waals surface area (Å²) < 4.78 is 37.7. The minimum Gasteiger partial charge on any atom is -0.368 e. The third kappa shape index (κ3) is 3.10. The van der Waals surface area contributed by atoms with Gasteiger partial charge in [-0.15, -0.1) is 0 Å². The van der Waals surface area contributed by atoms with Crippen LogP contribution in [0.15, 0.2) is 36.9 Å². The Hall–Kier alpha value is -2.38. The highest BCUT2D eigenvalue weighted by molar-refractivity contribution is 5.49. The number of nitrogens with zero attached hydrogens (tertiary/aromatic N) is 5. The molecule has 1 fully saturated rings. The number of halogens is 3. The molecular weight excluding hydrogens is 295 g/mol. The summed E-state index contributed by atoms with van der Waals surface area (Å²) in [5.74, 6) is 0.627. The quantitative estimate of drug-likeness (QED) is 0.851. The highest BCUT2D eigenvalue weighted by Crippen LogP contribution is 2.30. The van der Waals surface area contributed by atoms with Gasteiger partial charge in [0.15, 0.2) is 0 Å². The first kappa shape index (κ1) is 14.6. The number of hydrogen-bond donors (Lipinski definition) is 0. The van der Waals surface area contributed by atoms with Crippen LogP contribution in [0.1, 0.15) is 5.56 Å². The molecule has 1 saturated heterocycles. The first-order valence-electron chi connectivity index (χ1n) is 6.83. The van der Waals surface area contributed by atoms with Gasteiger partial charge >= 0.3 is 6.18 Å². The number of piperazine rings is 1. The van der Waals surface area contributed by atoms with E-state index in [0.29, 0.717) is 32.1 Å². The summed E-state index contributed by atoms with van der Waals surface area (Å²) in [6.45, 7) is 2.84. The topological polar surface area (TPSA) is 45.2 Å². The molecule has 116 valence electrons. The maximum absolute atomic E-state index is 12.6. The van der Waals surface area contributed by atoms with Crippen molar-refractivity contribution in [2.24, 2.45) is 0 Å². The van der Waals surface area contributed by atoms with Gasteiger partial charge in [0, 0.05) is 31.9 Å². The molecule has 1 aliphatic heterocycles. The van der Waals surface area contributed by atoms with Crippen molar-refractivity contribution in [2.45, 2.75) is 6.18 Å². The van der Waals surface area contributed by atoms with Gasteiger partial charge in [0.05, 0.1) is 5.56 Å². The molecule has 0 aliphatic carbocycles. The lowest BCUT2D eigenvalue weighted by Crippen LogP contribution is -2.47. The highest BCUT2D eigenvalue weighted by Gasteiger charge is 2.30. The average molecular weight is 309 g/mol. The van der Waals surface area contributed by atoms with Gasteiger partial charge in [-0.3, -0.25) is 0 Å². The second kappa shape index (κ2) is 5.78. The lowest BCUT2D eigenvalue weighted by Gasteiger charge is -2.36. The standard InChI is InChI=1S/C14H14F3N5/c15-14(16,17)11-1-3-12(4-2-11)21-5-7-22(8-6-21)13-19-9-18-10-20-13/h1-4,9-10H,5-8H2. The molecule has 0 N–H and O–H groups in total. The summed E-state index contributed by atoms with van der Waals surface area (Å²) >= 11 is 0. The Morgan fingerprint density at radius 1 is 0.818 bits per heavy atom. The van der Waals surface area contributed by atoms with Crippen molar-refractivity contribution < 1.29 is 13.2 Å². The van der Waals surface area contributed by atoms with E-state index in [0.717, 1.165) is 17.8 Å². The van der Waals surface area contributed by atoms with Gasteiger partial charge in [0.1, 0.15) is 12.7 Å². The number of anilines is 2. The molecule has 0 atom stereocenters. The number of alkyl halides is 3. The molecule has 22 heavy (non-hydrogen) atoms. The van der Waals surface area contributed by atoms with Gasteiger partial charge in [-0.25, -0.2) is 15.0 Å². The molecule has 0 amide bonds. The van der Waals surface area contributed by atoms with Crippen LogP contribution in [0.5, 0.6) is 0 Å². The van der Waals surface area contributed by atoms with Crippen molar-refractivity contribution in [3.8, 4) is 0 Å². The maximum atomic E-state index is 12.6. The van der Waals surface area contributed by atoms with Crippen LogP contribution in [0.25, 0.3) is 0 Å². The van der Waals surface area contributed by atoms with E-state index in [4.69, 9.17) is 0 Å². The molecule has 8 heteroatoms. The molecule has 0 bridgehead atoms. The van der Waals surface area contributed by atoms with E-state index in [-0.39, 0.29) is 0 Å². The van der Waals surface area contributed by atoms with E-state index < -0.39 is 11.7 Å². The van der Waals surface area contributed by atoms with E-state index in [9.17, 15) is 13.2 Å². The summed E-state index contributed by atoms with van der Waals surface area (Å²) in [7, 11) is 0. The minimum absolute atomic E-state index is 0.625. The first-order valence-corrected chi connectivity index (χ1v) is 6.83. The fourth-order valence-electron chi connectivity index (χ4n) is 2.42. The van der Waals surface area contributed by atoms with E-state index in [2.05, 4.69) is 19.9 Å². The zero-order valence-electron chi connectivity index (χ0n) is 11.7. The largest absolute Gasteiger partial charge is 0.416 e. The zero-order valence-corrected chi connectivity index (χ0v) is 11.7. The fraction of sp³-hybridized carbons (Fsp3) is 0.357. The number of benzene rings is 1. The minimum atomic E-state index is -4.30. The van der Waals surface area contributed by atoms with E-state index >= 15 is 0 Å². The molecule has 1 aromatic carbocycles. The van der Waals surface area contributed by atoms with Gasteiger partial charge in [-0.2, -0.15) is 13.2 Å². The van der Waals surface area contributed by atoms with E-state index in [1.165, 1.54) is 24.8 Å². The molecule has 0 saturated carbocycles. The second-order valence-corrected chi connectivity index (χ2v) is 4.96. The van der Waals surface area contributed by atoms with Crippen LogP contribution in [0.4, 0.5) is 24.8 Å². The normalized spacial score (nSPS) is 16.0. The van der Waals surface area contributed by atoms with Crippen LogP contribution in [0.3, 0.4) is 0 Å². The molecule has 2 aromatic rings. The van der Waals surface area contributed by atoms with Crippen molar-refractivity contribution in [3.05, 3.63) is 42.5 Å². The Bertz CT molecular complexity index is 607. The smallest absolute Gasteiger partial charge is 0.368 e. The SMILES string of the molecule is FC(F)(F)c1ccc(N2CCN(c3ncncn3)CC2)cc1. The van der Waals surface area contributed by atoms with E-state index in [1.807, 2.05) is 4.90 Å². The average Bonchev–Trinajstić information content (AvgIpc) is 2.55. The lowest BCUT2D eigenvalue weighted by atomic mass is 10.1. The molecule has 1 aromatic heterocycles. The Morgan fingerprint density at radius 3 is 1.91 bits per heavy atom. The summed E-state index contributed by atoms with van der Waals surface area (Å²) in [6.07, 6.45) is -1.40. The summed E-state index contributed by atoms with van der Waals surface area (Å²) in [4.78, 5) is 16.1. The van der Waals surface area contributed by atoms with Crippen LogP contribution in [-0.2, 0) is 6.18 Å². The molecule has 0 unspecified atom stereocenters. The molecule has 0 radical (unpaired) electrons. The predicted molar refractivity (Wildman–Crippen MR) is 75.7 cm³/mol. The van der Waals surface area contributed by atoms with Crippen molar-refractivity contribution in [3.63, 3.8) is 0 Å². The highest BCUT2D eigenvalue weighted by atomic mass is 19.4. The van der Waals surface area contributed by atoms with Crippen molar-refractivity contribution in [1.82, 2.24) is 15.0 Å². The molecule has 1 aliphatic rings. The summed E-state index contributed by atoms with van der Waals surface area (Å²) in [5, 5.41) is 0. The Labute approximate surface area is 125 Å². The zero-order chi connectivity index (χ0) is 15.6. The number of aromatic nitrogens is 3. The predicted octanol–water partition coefficient (Wildman–Crippen LogP) is 2.22. The van der Waals surface area contributed by atoms with Gasteiger partial charge in [-0.05, 0) is 24.3 Å². The van der Waals surface area contributed by atoms with Crippen LogP contribution in [0, 0.1) is 0 Å². The molecule has 5 nitrogen and oxygen atoms in total. The molecule has 0 spiro atoms. The van der Waals surface area contributed by atoms with Gasteiger partial charge < -0.3 is 9.80 Å². The second-order valence-electron chi connectivity index (χ2n) is 4.96. The third-order valence-corrected chi connectivity index (χ3v) is 3.60. The van der Waals surface area contributed by atoms with Gasteiger partial charge in [0.25, 0.3) is 0 Å². The van der Waals surface area contributed by atoms with E-state index in [1.54, 1.807) is 0 Å².